The fraction of sp³-hybridized carbons (Fsp3) is 0.476. The van der Waals surface area contributed by atoms with E-state index in [9.17, 15) is 14.4 Å². The Morgan fingerprint density at radius 3 is 2.45 bits per heavy atom. The maximum atomic E-state index is 12.3. The van der Waals surface area contributed by atoms with Crippen molar-refractivity contribution in [2.75, 3.05) is 5.32 Å². The lowest BCUT2D eigenvalue weighted by Gasteiger charge is -2.09. The third kappa shape index (κ3) is 4.52. The summed E-state index contributed by atoms with van der Waals surface area (Å²) in [6.45, 7) is 2.18. The van der Waals surface area contributed by atoms with E-state index in [-0.39, 0.29) is 17.1 Å². The lowest BCUT2D eigenvalue weighted by molar-refractivity contribution is -0.116. The molecule has 0 fully saturated rings. The molecule has 0 aliphatic heterocycles. The van der Waals surface area contributed by atoms with Gasteiger partial charge in [0.25, 0.3) is 5.56 Å². The summed E-state index contributed by atoms with van der Waals surface area (Å²) in [5.41, 5.74) is 1.09. The van der Waals surface area contributed by atoms with Crippen molar-refractivity contribution in [1.82, 2.24) is 19.1 Å². The predicted molar refractivity (Wildman–Crippen MR) is 114 cm³/mol. The third-order valence-electron chi connectivity index (χ3n) is 5.09. The smallest absolute Gasteiger partial charge is 0.326 e. The number of nitrogens with one attached hydrogen (secondary N) is 1. The van der Waals surface area contributed by atoms with E-state index in [0.717, 1.165) is 23.8 Å². The molecule has 0 aliphatic carbocycles. The molecule has 0 atom stereocenters. The minimum absolute atomic E-state index is 0.0325. The van der Waals surface area contributed by atoms with Crippen LogP contribution in [0.4, 0.5) is 5.69 Å². The molecule has 0 bridgehead atoms. The molecule has 0 aliphatic rings. The van der Waals surface area contributed by atoms with Gasteiger partial charge in [-0.25, -0.2) is 14.8 Å². The lowest BCUT2D eigenvalue weighted by Crippen LogP contribution is -2.37. The molecule has 2 aromatic heterocycles. The van der Waals surface area contributed by atoms with Gasteiger partial charge in [-0.1, -0.05) is 39.0 Å². The van der Waals surface area contributed by atoms with Gasteiger partial charge in [0.1, 0.15) is 0 Å². The van der Waals surface area contributed by atoms with E-state index >= 15 is 0 Å². The summed E-state index contributed by atoms with van der Waals surface area (Å²) in [5.74, 6) is -0.0325. The van der Waals surface area contributed by atoms with Gasteiger partial charge in [0.15, 0.2) is 11.2 Å². The molecule has 0 unspecified atom stereocenters. The molecule has 8 nitrogen and oxygen atoms in total. The number of aryl methyl sites for hydroxylation is 1. The molecule has 3 rings (SSSR count). The van der Waals surface area contributed by atoms with Crippen LogP contribution < -0.4 is 16.6 Å². The number of aromatic nitrogens is 4. The van der Waals surface area contributed by atoms with Gasteiger partial charge >= 0.3 is 5.69 Å². The number of amides is 1. The Morgan fingerprint density at radius 2 is 1.69 bits per heavy atom. The number of hydrogen-bond donors (Lipinski definition) is 1. The summed E-state index contributed by atoms with van der Waals surface area (Å²) in [6, 6.07) is 5.17. The number of fused-ring (bicyclic) bond motifs is 2. The topological polar surface area (TPSA) is 98.9 Å². The average molecular weight is 397 g/mol. The molecule has 0 saturated heterocycles. The number of hydrogen-bond acceptors (Lipinski definition) is 5. The summed E-state index contributed by atoms with van der Waals surface area (Å²) in [6.07, 6.45) is 7.27. The average Bonchev–Trinajstić information content (AvgIpc) is 2.72. The fourth-order valence-corrected chi connectivity index (χ4v) is 3.35. The first kappa shape index (κ1) is 20.7. The molecule has 1 N–H and O–H groups in total. The minimum Gasteiger partial charge on any atom is -0.326 e. The van der Waals surface area contributed by atoms with Crippen LogP contribution in [0.3, 0.4) is 0 Å². The van der Waals surface area contributed by atoms with Crippen molar-refractivity contribution in [3.8, 4) is 0 Å². The van der Waals surface area contributed by atoms with E-state index < -0.39 is 11.2 Å². The van der Waals surface area contributed by atoms with Crippen LogP contribution in [0.2, 0.25) is 0 Å². The van der Waals surface area contributed by atoms with Gasteiger partial charge in [-0.3, -0.25) is 18.7 Å². The number of carbonyl (C=O) groups excluding carboxylic acids is 1. The highest BCUT2D eigenvalue weighted by molar-refractivity contribution is 5.94. The predicted octanol–water partition coefficient (Wildman–Crippen LogP) is 2.87. The maximum absolute atomic E-state index is 12.3. The van der Waals surface area contributed by atoms with E-state index in [4.69, 9.17) is 0 Å². The fourth-order valence-electron chi connectivity index (χ4n) is 3.35. The van der Waals surface area contributed by atoms with Crippen molar-refractivity contribution in [3.63, 3.8) is 0 Å². The molecule has 0 saturated carbocycles. The van der Waals surface area contributed by atoms with Gasteiger partial charge in [0.2, 0.25) is 5.91 Å². The van der Waals surface area contributed by atoms with Crippen LogP contribution >= 0.6 is 0 Å². The first-order chi connectivity index (χ1) is 13.9. The summed E-state index contributed by atoms with van der Waals surface area (Å²) in [7, 11) is 2.97. The highest BCUT2D eigenvalue weighted by Gasteiger charge is 2.13. The van der Waals surface area contributed by atoms with Gasteiger partial charge in [-0.15, -0.1) is 0 Å². The molecule has 3 aromatic rings. The highest BCUT2D eigenvalue weighted by Crippen LogP contribution is 2.18. The second-order valence-corrected chi connectivity index (χ2v) is 7.37. The van der Waals surface area contributed by atoms with Crippen molar-refractivity contribution < 1.29 is 4.79 Å². The second-order valence-electron chi connectivity index (χ2n) is 7.37. The van der Waals surface area contributed by atoms with Crippen molar-refractivity contribution in [1.29, 1.82) is 0 Å². The van der Waals surface area contributed by atoms with Gasteiger partial charge in [0, 0.05) is 26.2 Å². The van der Waals surface area contributed by atoms with Gasteiger partial charge in [-0.05, 0) is 24.6 Å². The first-order valence-corrected chi connectivity index (χ1v) is 10.1. The monoisotopic (exact) mass is 397 g/mol. The first-order valence-electron chi connectivity index (χ1n) is 10.1. The number of rotatable bonds is 8. The second kappa shape index (κ2) is 8.98. The van der Waals surface area contributed by atoms with Crippen molar-refractivity contribution in [2.24, 2.45) is 14.1 Å². The third-order valence-corrected chi connectivity index (χ3v) is 5.09. The normalized spacial score (nSPS) is 11.3. The molecular weight excluding hydrogens is 370 g/mol. The van der Waals surface area contributed by atoms with E-state index in [1.807, 2.05) is 0 Å². The number of nitrogens with zero attached hydrogens (tertiary/aromatic N) is 4. The summed E-state index contributed by atoms with van der Waals surface area (Å²) >= 11 is 0. The number of benzene rings is 1. The SMILES string of the molecule is CCCCCCCCC(=O)Nc1ccc2nc3c(=O)n(C)c(=O)n(C)c3nc2c1. The van der Waals surface area contributed by atoms with E-state index in [2.05, 4.69) is 22.2 Å². The zero-order valence-corrected chi connectivity index (χ0v) is 17.2. The van der Waals surface area contributed by atoms with Crippen molar-refractivity contribution in [3.05, 3.63) is 39.0 Å². The summed E-state index contributed by atoms with van der Waals surface area (Å²) < 4.78 is 2.31. The summed E-state index contributed by atoms with van der Waals surface area (Å²) in [4.78, 5) is 45.5. The molecule has 1 aromatic carbocycles. The highest BCUT2D eigenvalue weighted by atomic mass is 16.2. The number of anilines is 1. The van der Waals surface area contributed by atoms with Gasteiger partial charge in [0.05, 0.1) is 11.0 Å². The van der Waals surface area contributed by atoms with Crippen molar-refractivity contribution >= 4 is 33.8 Å². The van der Waals surface area contributed by atoms with Crippen LogP contribution in [-0.4, -0.2) is 25.0 Å². The zero-order valence-electron chi connectivity index (χ0n) is 17.2. The Hall–Kier alpha value is -3.03. The van der Waals surface area contributed by atoms with Crippen LogP contribution in [0.1, 0.15) is 51.9 Å². The molecule has 1 amide bonds. The molecule has 2 heterocycles. The van der Waals surface area contributed by atoms with Crippen LogP contribution in [0.5, 0.6) is 0 Å². The lowest BCUT2D eigenvalue weighted by atomic mass is 10.1. The Kier molecular flexibility index (Phi) is 6.41. The van der Waals surface area contributed by atoms with Gasteiger partial charge < -0.3 is 5.32 Å². The molecule has 29 heavy (non-hydrogen) atoms. The Balaban J connectivity index is 1.78. The summed E-state index contributed by atoms with van der Waals surface area (Å²) in [5, 5.41) is 2.89. The quantitative estimate of drug-likeness (QED) is 0.465. The number of carbonyl (C=O) groups is 1. The molecule has 154 valence electrons. The molecular formula is C21H27N5O3. The van der Waals surface area contributed by atoms with Crippen LogP contribution in [0.25, 0.3) is 22.2 Å². The Labute approximate surface area is 168 Å². The van der Waals surface area contributed by atoms with Crippen LogP contribution in [0.15, 0.2) is 27.8 Å². The Morgan fingerprint density at radius 1 is 0.966 bits per heavy atom. The zero-order chi connectivity index (χ0) is 21.0. The molecule has 8 heteroatoms. The number of unbranched alkanes of at least 4 members (excludes halogenated alkanes) is 5. The van der Waals surface area contributed by atoms with Crippen LogP contribution in [-0.2, 0) is 18.9 Å². The van der Waals surface area contributed by atoms with E-state index in [1.54, 1.807) is 25.2 Å². The van der Waals surface area contributed by atoms with Crippen molar-refractivity contribution in [2.45, 2.75) is 51.9 Å². The van der Waals surface area contributed by atoms with Gasteiger partial charge in [-0.2, -0.15) is 0 Å². The molecule has 0 radical (unpaired) electrons. The molecule has 0 spiro atoms. The maximum Gasteiger partial charge on any atom is 0.332 e. The van der Waals surface area contributed by atoms with E-state index in [1.165, 1.54) is 30.9 Å². The van der Waals surface area contributed by atoms with E-state index in [0.29, 0.717) is 23.1 Å². The minimum atomic E-state index is -0.478. The largest absolute Gasteiger partial charge is 0.332 e. The van der Waals surface area contributed by atoms with Crippen LogP contribution in [0, 0.1) is 0 Å². The Bertz CT molecular complexity index is 1160. The standard InChI is InChI=1S/C21H27N5O3/c1-4-5-6-7-8-9-10-17(27)22-14-11-12-15-16(13-14)24-19-18(23-15)20(28)26(3)21(29)25(19)2/h11-13H,4-10H2,1-3H3,(H,22,27).